The number of aryl methyl sites for hydroxylation is 1. The maximum absolute atomic E-state index is 12.4. The van der Waals surface area contributed by atoms with Crippen molar-refractivity contribution in [1.29, 1.82) is 0 Å². The lowest BCUT2D eigenvalue weighted by atomic mass is 9.96. The third-order valence-corrected chi connectivity index (χ3v) is 6.01. The van der Waals surface area contributed by atoms with Crippen LogP contribution >= 0.6 is 0 Å². The molecule has 0 radical (unpaired) electrons. The fourth-order valence-corrected chi connectivity index (χ4v) is 4.33. The molecule has 9 nitrogen and oxygen atoms in total. The standard InChI is InChI=1S/C26H30N6O3/c1-17-15-24(32-25(27-17)29-18-5-3-2-4-6-18)28-19-7-9-20(10-8-19)30-26(33)31-21-11-12-22-23(16-21)35-14-13-34-22/h7-12,15-16,18H,2-6,13-14H2,1H3,(H2,30,31,33)(H2,27,28,29,32). The predicted octanol–water partition coefficient (Wildman–Crippen LogP) is 5.69. The zero-order valence-electron chi connectivity index (χ0n) is 19.8. The molecule has 1 fully saturated rings. The van der Waals surface area contributed by atoms with Crippen molar-refractivity contribution >= 4 is 34.9 Å². The van der Waals surface area contributed by atoms with Crippen LogP contribution in [0, 0.1) is 6.92 Å². The van der Waals surface area contributed by atoms with Gasteiger partial charge >= 0.3 is 6.03 Å². The van der Waals surface area contributed by atoms with Crippen LogP contribution in [0.2, 0.25) is 0 Å². The van der Waals surface area contributed by atoms with Gasteiger partial charge < -0.3 is 30.7 Å². The summed E-state index contributed by atoms with van der Waals surface area (Å²) in [5.74, 6) is 2.70. The van der Waals surface area contributed by atoms with Gasteiger partial charge in [0, 0.05) is 40.9 Å². The van der Waals surface area contributed by atoms with Crippen LogP contribution in [0.5, 0.6) is 11.5 Å². The van der Waals surface area contributed by atoms with Gasteiger partial charge in [-0.2, -0.15) is 4.98 Å². The van der Waals surface area contributed by atoms with Crippen LogP contribution in [0.1, 0.15) is 37.8 Å². The summed E-state index contributed by atoms with van der Waals surface area (Å²) in [6.07, 6.45) is 6.14. The van der Waals surface area contributed by atoms with Crippen molar-refractivity contribution < 1.29 is 14.3 Å². The van der Waals surface area contributed by atoms with E-state index in [1.165, 1.54) is 19.3 Å². The molecule has 4 N–H and O–H groups in total. The monoisotopic (exact) mass is 474 g/mol. The zero-order valence-corrected chi connectivity index (χ0v) is 19.8. The van der Waals surface area contributed by atoms with Crippen LogP contribution in [0.3, 0.4) is 0 Å². The third-order valence-electron chi connectivity index (χ3n) is 6.01. The van der Waals surface area contributed by atoms with Gasteiger partial charge in [0.1, 0.15) is 19.0 Å². The van der Waals surface area contributed by atoms with Crippen LogP contribution < -0.4 is 30.7 Å². The van der Waals surface area contributed by atoms with Crippen LogP contribution in [0.15, 0.2) is 48.5 Å². The average Bonchev–Trinajstić information content (AvgIpc) is 2.85. The number of nitrogens with one attached hydrogen (secondary N) is 4. The average molecular weight is 475 g/mol. The number of anilines is 5. The van der Waals surface area contributed by atoms with Crippen molar-refractivity contribution in [3.05, 3.63) is 54.2 Å². The Morgan fingerprint density at radius 1 is 0.829 bits per heavy atom. The first-order valence-electron chi connectivity index (χ1n) is 12.1. The first kappa shape index (κ1) is 22.8. The number of fused-ring (bicyclic) bond motifs is 1. The van der Waals surface area contributed by atoms with Gasteiger partial charge in [0.25, 0.3) is 0 Å². The number of nitrogens with zero attached hydrogens (tertiary/aromatic N) is 2. The van der Waals surface area contributed by atoms with E-state index in [1.54, 1.807) is 18.2 Å². The number of amides is 2. The number of benzene rings is 2. The molecule has 35 heavy (non-hydrogen) atoms. The molecule has 5 rings (SSSR count). The Hall–Kier alpha value is -4.01. The van der Waals surface area contributed by atoms with Gasteiger partial charge in [-0.15, -0.1) is 0 Å². The number of aromatic nitrogens is 2. The van der Waals surface area contributed by atoms with Crippen molar-refractivity contribution in [2.75, 3.05) is 34.5 Å². The minimum Gasteiger partial charge on any atom is -0.486 e. The fourth-order valence-electron chi connectivity index (χ4n) is 4.33. The van der Waals surface area contributed by atoms with Gasteiger partial charge in [-0.25, -0.2) is 9.78 Å². The molecule has 182 valence electrons. The van der Waals surface area contributed by atoms with E-state index in [0.29, 0.717) is 48.1 Å². The molecule has 0 spiro atoms. The minimum absolute atomic E-state index is 0.341. The molecule has 1 aliphatic carbocycles. The summed E-state index contributed by atoms with van der Waals surface area (Å²) in [5, 5.41) is 12.5. The van der Waals surface area contributed by atoms with Crippen molar-refractivity contribution in [3.8, 4) is 11.5 Å². The Morgan fingerprint density at radius 2 is 1.51 bits per heavy atom. The first-order chi connectivity index (χ1) is 17.1. The molecule has 1 aromatic heterocycles. The Labute approximate surface area is 204 Å². The Morgan fingerprint density at radius 3 is 2.31 bits per heavy atom. The van der Waals surface area contributed by atoms with E-state index in [0.717, 1.165) is 30.0 Å². The lowest BCUT2D eigenvalue weighted by Gasteiger charge is -2.23. The van der Waals surface area contributed by atoms with Gasteiger partial charge in [0.2, 0.25) is 5.95 Å². The summed E-state index contributed by atoms with van der Waals surface area (Å²) < 4.78 is 11.1. The van der Waals surface area contributed by atoms with E-state index in [1.807, 2.05) is 37.3 Å². The molecule has 2 amide bonds. The van der Waals surface area contributed by atoms with Gasteiger partial charge in [-0.3, -0.25) is 0 Å². The summed E-state index contributed by atoms with van der Waals surface area (Å²) in [4.78, 5) is 21.6. The summed E-state index contributed by atoms with van der Waals surface area (Å²) in [6.45, 7) is 2.99. The normalized spacial score (nSPS) is 15.2. The highest BCUT2D eigenvalue weighted by Gasteiger charge is 2.15. The van der Waals surface area contributed by atoms with Gasteiger partial charge in [-0.1, -0.05) is 19.3 Å². The van der Waals surface area contributed by atoms with Crippen molar-refractivity contribution in [1.82, 2.24) is 9.97 Å². The molecular weight excluding hydrogens is 444 g/mol. The molecule has 2 aromatic carbocycles. The first-order valence-corrected chi connectivity index (χ1v) is 12.1. The van der Waals surface area contributed by atoms with E-state index in [4.69, 9.17) is 9.47 Å². The third kappa shape index (κ3) is 6.11. The topological polar surface area (TPSA) is 109 Å². The van der Waals surface area contributed by atoms with E-state index in [2.05, 4.69) is 31.2 Å². The highest BCUT2D eigenvalue weighted by molar-refractivity contribution is 6.00. The maximum Gasteiger partial charge on any atom is 0.323 e. The number of hydrogen-bond acceptors (Lipinski definition) is 7. The number of urea groups is 1. The van der Waals surface area contributed by atoms with E-state index >= 15 is 0 Å². The molecule has 1 aliphatic heterocycles. The van der Waals surface area contributed by atoms with Crippen LogP contribution in [-0.2, 0) is 0 Å². The Kier molecular flexibility index (Phi) is 6.83. The molecule has 0 unspecified atom stereocenters. The summed E-state index contributed by atoms with van der Waals surface area (Å²) in [6, 6.07) is 14.8. The highest BCUT2D eigenvalue weighted by Crippen LogP contribution is 2.32. The predicted molar refractivity (Wildman–Crippen MR) is 137 cm³/mol. The minimum atomic E-state index is -0.341. The number of carbonyl (C=O) groups is 1. The smallest absolute Gasteiger partial charge is 0.323 e. The Balaban J connectivity index is 1.17. The van der Waals surface area contributed by atoms with Gasteiger partial charge in [-0.05, 0) is 56.2 Å². The van der Waals surface area contributed by atoms with E-state index in [9.17, 15) is 4.79 Å². The number of rotatable bonds is 6. The Bertz CT molecular complexity index is 1180. The highest BCUT2D eigenvalue weighted by atomic mass is 16.6. The van der Waals surface area contributed by atoms with Crippen molar-refractivity contribution in [3.63, 3.8) is 0 Å². The van der Waals surface area contributed by atoms with Crippen LogP contribution in [-0.4, -0.2) is 35.3 Å². The molecule has 1 saturated carbocycles. The van der Waals surface area contributed by atoms with Crippen molar-refractivity contribution in [2.24, 2.45) is 0 Å². The number of hydrogen-bond donors (Lipinski definition) is 4. The quantitative estimate of drug-likeness (QED) is 0.363. The van der Waals surface area contributed by atoms with Crippen molar-refractivity contribution in [2.45, 2.75) is 45.1 Å². The molecule has 0 saturated heterocycles. The summed E-state index contributed by atoms with van der Waals surface area (Å²) >= 11 is 0. The zero-order chi connectivity index (χ0) is 24.0. The second-order valence-electron chi connectivity index (χ2n) is 8.84. The fraction of sp³-hybridized carbons (Fsp3) is 0.346. The molecule has 2 heterocycles. The SMILES string of the molecule is Cc1cc(Nc2ccc(NC(=O)Nc3ccc4c(c3)OCCO4)cc2)nc(NC2CCCCC2)n1. The number of carbonyl (C=O) groups excluding carboxylic acids is 1. The largest absolute Gasteiger partial charge is 0.486 e. The second-order valence-corrected chi connectivity index (χ2v) is 8.84. The van der Waals surface area contributed by atoms with Crippen LogP contribution in [0.25, 0.3) is 0 Å². The molecule has 2 aliphatic rings. The summed E-state index contributed by atoms with van der Waals surface area (Å²) in [7, 11) is 0. The van der Waals surface area contributed by atoms with Crippen LogP contribution in [0.4, 0.5) is 33.6 Å². The lowest BCUT2D eigenvalue weighted by Crippen LogP contribution is -2.23. The van der Waals surface area contributed by atoms with E-state index in [-0.39, 0.29) is 6.03 Å². The summed E-state index contributed by atoms with van der Waals surface area (Å²) in [5.41, 5.74) is 3.06. The van der Waals surface area contributed by atoms with Gasteiger partial charge in [0.15, 0.2) is 11.5 Å². The molecule has 9 heteroatoms. The second kappa shape index (κ2) is 10.5. The number of ether oxygens (including phenoxy) is 2. The molecule has 0 atom stereocenters. The molecular formula is C26H30N6O3. The van der Waals surface area contributed by atoms with Gasteiger partial charge in [0.05, 0.1) is 0 Å². The molecule has 0 bridgehead atoms. The maximum atomic E-state index is 12.4. The molecule has 3 aromatic rings. The van der Waals surface area contributed by atoms with E-state index < -0.39 is 0 Å². The lowest BCUT2D eigenvalue weighted by molar-refractivity contribution is 0.171.